The van der Waals surface area contributed by atoms with Crippen LogP contribution in [-0.2, 0) is 11.2 Å². The molecule has 0 unspecified atom stereocenters. The summed E-state index contributed by atoms with van der Waals surface area (Å²) in [4.78, 5) is 12.6. The first-order valence-corrected chi connectivity index (χ1v) is 9.88. The number of aryl methyl sites for hydroxylation is 1. The van der Waals surface area contributed by atoms with E-state index < -0.39 is 5.91 Å². The van der Waals surface area contributed by atoms with Crippen molar-refractivity contribution in [1.82, 2.24) is 0 Å². The van der Waals surface area contributed by atoms with E-state index in [2.05, 4.69) is 5.32 Å². The third-order valence-corrected chi connectivity index (χ3v) is 4.95. The topological polar surface area (TPSA) is 62.1 Å². The standard InChI is InChI=1S/C25H20ClFN2O2/c1-16-6-9-21(26)14-23(16)29-25(30)20(15-28)11-18-7-8-19(24(13-18)31-2)10-17-4-3-5-22(27)12-17/h3-9,11-14H,10H2,1-2H3,(H,29,30)/b20-11+. The van der Waals surface area contributed by atoms with Gasteiger partial charge >= 0.3 is 0 Å². The van der Waals surface area contributed by atoms with Crippen LogP contribution < -0.4 is 10.1 Å². The number of carbonyl (C=O) groups excluding carboxylic acids is 1. The number of hydrogen-bond donors (Lipinski definition) is 1. The van der Waals surface area contributed by atoms with Gasteiger partial charge in [-0.15, -0.1) is 0 Å². The van der Waals surface area contributed by atoms with Gasteiger partial charge in [-0.05, 0) is 65.6 Å². The molecule has 4 nitrogen and oxygen atoms in total. The summed E-state index contributed by atoms with van der Waals surface area (Å²) in [5, 5.41) is 12.7. The number of amides is 1. The Morgan fingerprint density at radius 3 is 2.71 bits per heavy atom. The molecule has 0 aliphatic carbocycles. The molecule has 0 saturated heterocycles. The highest BCUT2D eigenvalue weighted by Crippen LogP contribution is 2.25. The second kappa shape index (κ2) is 9.92. The molecule has 3 aromatic carbocycles. The fraction of sp³-hybridized carbons (Fsp3) is 0.120. The van der Waals surface area contributed by atoms with E-state index in [0.29, 0.717) is 28.4 Å². The smallest absolute Gasteiger partial charge is 0.266 e. The summed E-state index contributed by atoms with van der Waals surface area (Å²) in [5.74, 6) is -0.243. The number of anilines is 1. The Morgan fingerprint density at radius 2 is 2.00 bits per heavy atom. The molecule has 0 aliphatic heterocycles. The van der Waals surface area contributed by atoms with E-state index in [1.54, 1.807) is 36.4 Å². The van der Waals surface area contributed by atoms with Crippen LogP contribution in [0.2, 0.25) is 5.02 Å². The summed E-state index contributed by atoms with van der Waals surface area (Å²) in [6.07, 6.45) is 1.98. The highest BCUT2D eigenvalue weighted by Gasteiger charge is 2.12. The lowest BCUT2D eigenvalue weighted by atomic mass is 10.0. The number of carbonyl (C=O) groups is 1. The number of ether oxygens (including phenoxy) is 1. The van der Waals surface area contributed by atoms with Gasteiger partial charge in [-0.2, -0.15) is 5.26 Å². The van der Waals surface area contributed by atoms with Gasteiger partial charge in [0.05, 0.1) is 7.11 Å². The molecule has 1 N–H and O–H groups in total. The minimum absolute atomic E-state index is 0.0562. The Balaban J connectivity index is 1.84. The zero-order chi connectivity index (χ0) is 22.4. The highest BCUT2D eigenvalue weighted by molar-refractivity contribution is 6.31. The van der Waals surface area contributed by atoms with Crippen LogP contribution in [0.5, 0.6) is 5.75 Å². The Labute approximate surface area is 185 Å². The fourth-order valence-electron chi connectivity index (χ4n) is 3.10. The van der Waals surface area contributed by atoms with E-state index in [4.69, 9.17) is 16.3 Å². The van der Waals surface area contributed by atoms with Gasteiger partial charge in [0, 0.05) is 17.1 Å². The first kappa shape index (κ1) is 22.1. The second-order valence-electron chi connectivity index (χ2n) is 6.96. The predicted molar refractivity (Wildman–Crippen MR) is 121 cm³/mol. The van der Waals surface area contributed by atoms with Crippen LogP contribution in [0.3, 0.4) is 0 Å². The average Bonchev–Trinajstić information content (AvgIpc) is 2.75. The Kier molecular flexibility index (Phi) is 7.07. The van der Waals surface area contributed by atoms with E-state index in [-0.39, 0.29) is 11.4 Å². The summed E-state index contributed by atoms with van der Waals surface area (Å²) in [6, 6.07) is 18.8. The summed E-state index contributed by atoms with van der Waals surface area (Å²) < 4.78 is 18.9. The van der Waals surface area contributed by atoms with Crippen molar-refractivity contribution in [3.8, 4) is 11.8 Å². The maximum Gasteiger partial charge on any atom is 0.266 e. The lowest BCUT2D eigenvalue weighted by Gasteiger charge is -2.11. The number of rotatable bonds is 6. The van der Waals surface area contributed by atoms with E-state index in [0.717, 1.165) is 16.7 Å². The molecule has 0 spiro atoms. The summed E-state index contributed by atoms with van der Waals surface area (Å²) in [6.45, 7) is 1.84. The molecule has 0 heterocycles. The Morgan fingerprint density at radius 1 is 1.19 bits per heavy atom. The van der Waals surface area contributed by atoms with Crippen molar-refractivity contribution in [3.63, 3.8) is 0 Å². The Hall–Kier alpha value is -3.62. The summed E-state index contributed by atoms with van der Waals surface area (Å²) >= 11 is 5.99. The molecule has 0 fully saturated rings. The quantitative estimate of drug-likeness (QED) is 0.386. The highest BCUT2D eigenvalue weighted by atomic mass is 35.5. The normalized spacial score (nSPS) is 11.0. The van der Waals surface area contributed by atoms with E-state index >= 15 is 0 Å². The van der Waals surface area contributed by atoms with Crippen LogP contribution in [0.4, 0.5) is 10.1 Å². The molecule has 3 rings (SSSR count). The van der Waals surface area contributed by atoms with Gasteiger partial charge in [-0.1, -0.05) is 41.9 Å². The number of halogens is 2. The molecule has 6 heteroatoms. The lowest BCUT2D eigenvalue weighted by molar-refractivity contribution is -0.112. The van der Waals surface area contributed by atoms with Crippen molar-refractivity contribution in [2.45, 2.75) is 13.3 Å². The maximum atomic E-state index is 13.5. The number of nitriles is 1. The fourth-order valence-corrected chi connectivity index (χ4v) is 3.27. The van der Waals surface area contributed by atoms with Gasteiger partial charge in [0.1, 0.15) is 23.2 Å². The van der Waals surface area contributed by atoms with Crippen LogP contribution in [0.25, 0.3) is 6.08 Å². The molecule has 1 amide bonds. The molecule has 156 valence electrons. The van der Waals surface area contributed by atoms with Crippen LogP contribution in [0.1, 0.15) is 22.3 Å². The molecule has 0 radical (unpaired) electrons. The largest absolute Gasteiger partial charge is 0.496 e. The third-order valence-electron chi connectivity index (χ3n) is 4.72. The van der Waals surface area contributed by atoms with Crippen LogP contribution in [0.15, 0.2) is 66.2 Å². The molecule has 0 bridgehead atoms. The summed E-state index contributed by atoms with van der Waals surface area (Å²) in [5.41, 5.74) is 3.63. The summed E-state index contributed by atoms with van der Waals surface area (Å²) in [7, 11) is 1.54. The Bertz CT molecular complexity index is 1200. The van der Waals surface area contributed by atoms with Gasteiger partial charge in [0.2, 0.25) is 0 Å². The minimum atomic E-state index is -0.532. The maximum absolute atomic E-state index is 13.5. The molecular weight excluding hydrogens is 415 g/mol. The van der Waals surface area contributed by atoms with Crippen LogP contribution >= 0.6 is 11.6 Å². The molecule has 3 aromatic rings. The molecule has 0 aliphatic rings. The van der Waals surface area contributed by atoms with Gasteiger partial charge in [-0.3, -0.25) is 4.79 Å². The van der Waals surface area contributed by atoms with Gasteiger partial charge in [0.25, 0.3) is 5.91 Å². The molecular formula is C25H20ClFN2O2. The number of benzene rings is 3. The monoisotopic (exact) mass is 434 g/mol. The van der Waals surface area contributed by atoms with Crippen LogP contribution in [-0.4, -0.2) is 13.0 Å². The van der Waals surface area contributed by atoms with Crippen LogP contribution in [0, 0.1) is 24.1 Å². The first-order chi connectivity index (χ1) is 14.9. The van der Waals surface area contributed by atoms with Crippen molar-refractivity contribution >= 4 is 29.3 Å². The average molecular weight is 435 g/mol. The zero-order valence-corrected chi connectivity index (χ0v) is 17.8. The van der Waals surface area contributed by atoms with Crippen molar-refractivity contribution < 1.29 is 13.9 Å². The molecule has 0 aromatic heterocycles. The SMILES string of the molecule is COc1cc(/C=C(\C#N)C(=O)Nc2cc(Cl)ccc2C)ccc1Cc1cccc(F)c1. The number of methoxy groups -OCH3 is 1. The first-order valence-electron chi connectivity index (χ1n) is 9.50. The number of nitrogens with zero attached hydrogens (tertiary/aromatic N) is 1. The van der Waals surface area contributed by atoms with Crippen molar-refractivity contribution in [1.29, 1.82) is 5.26 Å². The molecule has 0 saturated carbocycles. The number of hydrogen-bond acceptors (Lipinski definition) is 3. The van der Waals surface area contributed by atoms with Crippen molar-refractivity contribution in [2.24, 2.45) is 0 Å². The zero-order valence-electron chi connectivity index (χ0n) is 17.1. The lowest BCUT2D eigenvalue weighted by Crippen LogP contribution is -2.14. The van der Waals surface area contributed by atoms with E-state index in [1.165, 1.54) is 25.3 Å². The van der Waals surface area contributed by atoms with E-state index in [9.17, 15) is 14.4 Å². The minimum Gasteiger partial charge on any atom is -0.496 e. The second-order valence-corrected chi connectivity index (χ2v) is 7.40. The third kappa shape index (κ3) is 5.71. The predicted octanol–water partition coefficient (Wildman–Crippen LogP) is 5.93. The molecule has 0 atom stereocenters. The van der Waals surface area contributed by atoms with Gasteiger partial charge in [-0.25, -0.2) is 4.39 Å². The number of nitrogens with one attached hydrogen (secondary N) is 1. The van der Waals surface area contributed by atoms with Gasteiger partial charge in [0.15, 0.2) is 0 Å². The van der Waals surface area contributed by atoms with Crippen molar-refractivity contribution in [3.05, 3.63) is 99.3 Å². The van der Waals surface area contributed by atoms with Gasteiger partial charge < -0.3 is 10.1 Å². The molecule has 31 heavy (non-hydrogen) atoms. The van der Waals surface area contributed by atoms with Crippen molar-refractivity contribution in [2.75, 3.05) is 12.4 Å². The van der Waals surface area contributed by atoms with E-state index in [1.807, 2.05) is 25.1 Å².